The summed E-state index contributed by atoms with van der Waals surface area (Å²) < 4.78 is 5.30. The summed E-state index contributed by atoms with van der Waals surface area (Å²) in [6.07, 6.45) is 5.04. The summed E-state index contributed by atoms with van der Waals surface area (Å²) in [5, 5.41) is 9.24. The van der Waals surface area contributed by atoms with Crippen LogP contribution in [0.4, 0.5) is 0 Å². The molecule has 1 saturated carbocycles. The summed E-state index contributed by atoms with van der Waals surface area (Å²) in [6, 6.07) is 13.9. The summed E-state index contributed by atoms with van der Waals surface area (Å²) in [7, 11) is 0. The molecule has 2 aromatic carbocycles. The van der Waals surface area contributed by atoms with Crippen molar-refractivity contribution in [1.29, 1.82) is 0 Å². The summed E-state index contributed by atoms with van der Waals surface area (Å²) in [4.78, 5) is 12.1. The van der Waals surface area contributed by atoms with Crippen LogP contribution in [0.3, 0.4) is 0 Å². The topological polar surface area (TPSA) is 46.5 Å². The van der Waals surface area contributed by atoms with Crippen LogP contribution in [-0.4, -0.2) is 11.1 Å². The van der Waals surface area contributed by atoms with Crippen LogP contribution in [0.15, 0.2) is 48.5 Å². The number of aromatic hydroxyl groups is 1. The predicted molar refractivity (Wildman–Crippen MR) is 101 cm³/mol. The zero-order chi connectivity index (χ0) is 18.2. The molecule has 0 heterocycles. The molecule has 0 amide bonds. The molecule has 1 N–H and O–H groups in total. The average Bonchev–Trinajstić information content (AvgIpc) is 2.66. The molecule has 1 fully saturated rings. The fourth-order valence-corrected chi connectivity index (χ4v) is 3.16. The quantitative estimate of drug-likeness (QED) is 0.400. The molecule has 0 aromatic heterocycles. The van der Waals surface area contributed by atoms with E-state index in [1.165, 1.54) is 43.4 Å². The number of carbonyl (C=O) groups excluding carboxylic acids is 1. The number of hydrogen-bond acceptors (Lipinski definition) is 3. The number of esters is 1. The molecule has 0 unspecified atom stereocenters. The Bertz CT molecular complexity index is 657. The molecule has 140 valence electrons. The average molecular weight is 524 g/mol. The molecule has 4 heteroatoms. The van der Waals surface area contributed by atoms with Gasteiger partial charge in [-0.05, 0) is 66.6 Å². The summed E-state index contributed by atoms with van der Waals surface area (Å²) in [5.74, 6) is 1.66. The monoisotopic (exact) mass is 524 g/mol. The molecule has 0 atom stereocenters. The Kier molecular flexibility index (Phi) is 9.65. The molecular formula is C22H28O3W. The van der Waals surface area contributed by atoms with Gasteiger partial charge in [0.1, 0.15) is 11.5 Å². The van der Waals surface area contributed by atoms with Gasteiger partial charge in [-0.2, -0.15) is 0 Å². The van der Waals surface area contributed by atoms with E-state index in [0.29, 0.717) is 17.2 Å². The minimum absolute atomic E-state index is 0. The smallest absolute Gasteiger partial charge is 0.343 e. The molecule has 0 saturated heterocycles. The zero-order valence-electron chi connectivity index (χ0n) is 15.8. The van der Waals surface area contributed by atoms with Gasteiger partial charge in [-0.25, -0.2) is 4.79 Å². The molecule has 1 aliphatic carbocycles. The number of phenolic OH excluding ortho intramolecular Hbond substituents is 1. The Morgan fingerprint density at radius 3 is 2.00 bits per heavy atom. The van der Waals surface area contributed by atoms with Gasteiger partial charge in [0.05, 0.1) is 5.56 Å². The molecule has 0 bridgehead atoms. The molecule has 2 aromatic rings. The van der Waals surface area contributed by atoms with E-state index < -0.39 is 0 Å². The number of ether oxygens (including phenoxy) is 1. The molecule has 0 spiro atoms. The van der Waals surface area contributed by atoms with Crippen LogP contribution in [0, 0.1) is 5.92 Å². The van der Waals surface area contributed by atoms with E-state index in [1.54, 1.807) is 12.1 Å². The molecular weight excluding hydrogens is 496 g/mol. The first-order chi connectivity index (χ1) is 12.1. The normalized spacial score (nSPS) is 18.7. The second-order valence-corrected chi connectivity index (χ2v) is 6.46. The number of carbonyl (C=O) groups is 1. The van der Waals surface area contributed by atoms with E-state index >= 15 is 0 Å². The molecule has 0 radical (unpaired) electrons. The van der Waals surface area contributed by atoms with Crippen molar-refractivity contribution in [1.82, 2.24) is 0 Å². The predicted octanol–water partition coefficient (Wildman–Crippen LogP) is 5.93. The molecule has 3 rings (SSSR count). The van der Waals surface area contributed by atoms with Gasteiger partial charge >= 0.3 is 5.97 Å². The maximum absolute atomic E-state index is 12.1. The van der Waals surface area contributed by atoms with Crippen LogP contribution >= 0.6 is 0 Å². The van der Waals surface area contributed by atoms with Gasteiger partial charge in [0, 0.05) is 21.1 Å². The second kappa shape index (κ2) is 11.2. The summed E-state index contributed by atoms with van der Waals surface area (Å²) in [5.41, 5.74) is 1.86. The maximum atomic E-state index is 12.1. The van der Waals surface area contributed by atoms with Gasteiger partial charge in [0.25, 0.3) is 0 Å². The van der Waals surface area contributed by atoms with Crippen LogP contribution in [0.5, 0.6) is 11.5 Å². The number of phenols is 1. The van der Waals surface area contributed by atoms with Gasteiger partial charge < -0.3 is 9.84 Å². The van der Waals surface area contributed by atoms with Crippen LogP contribution in [0.1, 0.15) is 68.3 Å². The maximum Gasteiger partial charge on any atom is 0.343 e. The minimum atomic E-state index is -0.375. The van der Waals surface area contributed by atoms with Crippen molar-refractivity contribution in [2.45, 2.75) is 52.4 Å². The van der Waals surface area contributed by atoms with Crippen LogP contribution < -0.4 is 4.74 Å². The van der Waals surface area contributed by atoms with E-state index in [2.05, 4.69) is 6.92 Å². The van der Waals surface area contributed by atoms with Crippen molar-refractivity contribution in [2.24, 2.45) is 5.92 Å². The first kappa shape index (κ1) is 22.4. The van der Waals surface area contributed by atoms with Crippen molar-refractivity contribution in [3.63, 3.8) is 0 Å². The fourth-order valence-electron chi connectivity index (χ4n) is 3.16. The third-order valence-corrected chi connectivity index (χ3v) is 4.68. The van der Waals surface area contributed by atoms with Gasteiger partial charge in [0.2, 0.25) is 0 Å². The zero-order valence-corrected chi connectivity index (χ0v) is 18.7. The Morgan fingerprint density at radius 2 is 1.46 bits per heavy atom. The van der Waals surface area contributed by atoms with Gasteiger partial charge in [-0.3, -0.25) is 0 Å². The Balaban J connectivity index is 0.00000109. The number of benzene rings is 2. The van der Waals surface area contributed by atoms with Crippen molar-refractivity contribution in [3.8, 4) is 11.5 Å². The summed E-state index contributed by atoms with van der Waals surface area (Å²) in [6.45, 7) is 6.32. The van der Waals surface area contributed by atoms with Gasteiger partial charge in [0.15, 0.2) is 0 Å². The van der Waals surface area contributed by atoms with Crippen molar-refractivity contribution in [2.75, 3.05) is 0 Å². The molecule has 1 aliphatic rings. The summed E-state index contributed by atoms with van der Waals surface area (Å²) >= 11 is 0. The Labute approximate surface area is 171 Å². The number of hydrogen-bond donors (Lipinski definition) is 1. The first-order valence-electron chi connectivity index (χ1n) is 9.23. The molecule has 3 nitrogen and oxygen atoms in total. The van der Waals surface area contributed by atoms with E-state index in [-0.39, 0.29) is 32.8 Å². The number of rotatable bonds is 3. The van der Waals surface area contributed by atoms with E-state index in [4.69, 9.17) is 4.74 Å². The van der Waals surface area contributed by atoms with Crippen LogP contribution in [0.2, 0.25) is 0 Å². The van der Waals surface area contributed by atoms with Crippen molar-refractivity contribution in [3.05, 3.63) is 59.7 Å². The largest absolute Gasteiger partial charge is 0.508 e. The van der Waals surface area contributed by atoms with Gasteiger partial charge in [-0.15, -0.1) is 0 Å². The minimum Gasteiger partial charge on any atom is -0.508 e. The fraction of sp³-hybridized carbons (Fsp3) is 0.409. The molecule has 26 heavy (non-hydrogen) atoms. The standard InChI is InChI=1S/C20H22O3.C2H6.W/c1-14-2-4-15(5-3-14)16-6-8-17(9-7-16)20(22)23-19-12-10-18(21)11-13-19;1-2;/h6-15,21H,2-5H2,1H3;1-2H3;. The van der Waals surface area contributed by atoms with Gasteiger partial charge in [-0.1, -0.05) is 45.7 Å². The van der Waals surface area contributed by atoms with Crippen molar-refractivity contribution < 1.29 is 35.7 Å². The van der Waals surface area contributed by atoms with Crippen molar-refractivity contribution >= 4 is 5.97 Å². The molecule has 0 aliphatic heterocycles. The second-order valence-electron chi connectivity index (χ2n) is 6.46. The third-order valence-electron chi connectivity index (χ3n) is 4.68. The Morgan fingerprint density at radius 1 is 0.923 bits per heavy atom. The van der Waals surface area contributed by atoms with E-state index in [1.807, 2.05) is 38.1 Å². The van der Waals surface area contributed by atoms with E-state index in [0.717, 1.165) is 5.92 Å². The first-order valence-corrected chi connectivity index (χ1v) is 9.23. The SMILES string of the molecule is CC.CC1CCC(c2ccc(C(=O)Oc3ccc(O)cc3)cc2)CC1.[W]. The third kappa shape index (κ3) is 6.28. The van der Waals surface area contributed by atoms with E-state index in [9.17, 15) is 9.90 Å². The Hall–Kier alpha value is -1.60. The van der Waals surface area contributed by atoms with Crippen LogP contribution in [-0.2, 0) is 21.1 Å². The van der Waals surface area contributed by atoms with Crippen LogP contribution in [0.25, 0.3) is 0 Å².